The van der Waals surface area contributed by atoms with Crippen molar-refractivity contribution < 1.29 is 9.53 Å². The predicted molar refractivity (Wildman–Crippen MR) is 87.4 cm³/mol. The maximum Gasteiger partial charge on any atom is 0.251 e. The van der Waals surface area contributed by atoms with Gasteiger partial charge in [0.25, 0.3) is 5.91 Å². The Morgan fingerprint density at radius 1 is 1.18 bits per heavy atom. The van der Waals surface area contributed by atoms with Gasteiger partial charge in [-0.1, -0.05) is 29.8 Å². The summed E-state index contributed by atoms with van der Waals surface area (Å²) in [6.07, 6.45) is 0.726. The Labute approximate surface area is 135 Å². The van der Waals surface area contributed by atoms with E-state index >= 15 is 0 Å². The van der Waals surface area contributed by atoms with Crippen molar-refractivity contribution in [2.24, 2.45) is 0 Å². The van der Waals surface area contributed by atoms with Gasteiger partial charge in [-0.3, -0.25) is 4.79 Å². The fraction of sp³-hybridized carbons (Fsp3) is 0.278. The molecule has 1 N–H and O–H groups in total. The van der Waals surface area contributed by atoms with E-state index in [1.165, 1.54) is 0 Å². The van der Waals surface area contributed by atoms with Gasteiger partial charge in [0.15, 0.2) is 0 Å². The van der Waals surface area contributed by atoms with Crippen LogP contribution < -0.4 is 10.1 Å². The Bertz CT molecular complexity index is 694. The first-order valence-electron chi connectivity index (χ1n) is 7.29. The molecule has 3 nitrogen and oxygen atoms in total. The van der Waals surface area contributed by atoms with Gasteiger partial charge >= 0.3 is 0 Å². The molecule has 0 aromatic heterocycles. The van der Waals surface area contributed by atoms with Gasteiger partial charge in [-0.2, -0.15) is 0 Å². The van der Waals surface area contributed by atoms with E-state index in [-0.39, 0.29) is 17.6 Å². The Kier molecular flexibility index (Phi) is 3.83. The van der Waals surface area contributed by atoms with E-state index in [1.807, 2.05) is 38.1 Å². The van der Waals surface area contributed by atoms with Crippen molar-refractivity contribution in [1.29, 1.82) is 0 Å². The second-order valence-electron chi connectivity index (χ2n) is 6.14. The molecule has 0 fully saturated rings. The van der Waals surface area contributed by atoms with Crippen LogP contribution >= 0.6 is 11.6 Å². The first-order valence-corrected chi connectivity index (χ1v) is 7.67. The number of carbonyl (C=O) groups is 1. The van der Waals surface area contributed by atoms with Crippen LogP contribution in [0.15, 0.2) is 48.5 Å². The smallest absolute Gasteiger partial charge is 0.251 e. The summed E-state index contributed by atoms with van der Waals surface area (Å²) < 4.78 is 5.98. The molecule has 0 saturated heterocycles. The standard InChI is InChI=1S/C18H18ClNO2/c1-18(2)11-15(14-5-3-4-6-16(14)22-18)20-17(21)12-7-9-13(19)10-8-12/h3-10,15H,11H2,1-2H3,(H,20,21)/t15-/m0/s1. The molecule has 0 bridgehead atoms. The minimum Gasteiger partial charge on any atom is -0.487 e. The highest BCUT2D eigenvalue weighted by Gasteiger charge is 2.34. The monoisotopic (exact) mass is 315 g/mol. The highest BCUT2D eigenvalue weighted by molar-refractivity contribution is 6.30. The summed E-state index contributed by atoms with van der Waals surface area (Å²) in [7, 11) is 0. The molecule has 0 aliphatic carbocycles. The van der Waals surface area contributed by atoms with E-state index < -0.39 is 0 Å². The van der Waals surface area contributed by atoms with Crippen molar-refractivity contribution in [3.63, 3.8) is 0 Å². The number of carbonyl (C=O) groups excluding carboxylic acids is 1. The summed E-state index contributed by atoms with van der Waals surface area (Å²) in [5.74, 6) is 0.731. The topological polar surface area (TPSA) is 38.3 Å². The second kappa shape index (κ2) is 5.65. The van der Waals surface area contributed by atoms with Crippen LogP contribution in [0.25, 0.3) is 0 Å². The molecular formula is C18H18ClNO2. The molecule has 0 unspecified atom stereocenters. The molecular weight excluding hydrogens is 298 g/mol. The van der Waals surface area contributed by atoms with Gasteiger partial charge in [0.05, 0.1) is 6.04 Å². The maximum atomic E-state index is 12.5. The third kappa shape index (κ3) is 3.09. The molecule has 0 spiro atoms. The Hall–Kier alpha value is -2.00. The van der Waals surface area contributed by atoms with Crippen LogP contribution in [0, 0.1) is 0 Å². The van der Waals surface area contributed by atoms with Crippen LogP contribution in [0.3, 0.4) is 0 Å². The molecule has 1 amide bonds. The van der Waals surface area contributed by atoms with Crippen molar-refractivity contribution in [2.45, 2.75) is 31.9 Å². The van der Waals surface area contributed by atoms with Crippen molar-refractivity contribution in [2.75, 3.05) is 0 Å². The fourth-order valence-electron chi connectivity index (χ4n) is 2.77. The quantitative estimate of drug-likeness (QED) is 0.893. The summed E-state index contributed by atoms with van der Waals surface area (Å²) >= 11 is 5.86. The normalized spacial score (nSPS) is 19.0. The number of rotatable bonds is 2. The zero-order valence-corrected chi connectivity index (χ0v) is 13.4. The Morgan fingerprint density at radius 2 is 1.86 bits per heavy atom. The number of benzene rings is 2. The lowest BCUT2D eigenvalue weighted by Gasteiger charge is -2.37. The van der Waals surface area contributed by atoms with E-state index in [0.29, 0.717) is 10.6 Å². The predicted octanol–water partition coefficient (Wildman–Crippen LogP) is 4.37. The van der Waals surface area contributed by atoms with Crippen molar-refractivity contribution in [3.8, 4) is 5.75 Å². The number of fused-ring (bicyclic) bond motifs is 1. The fourth-order valence-corrected chi connectivity index (χ4v) is 2.90. The summed E-state index contributed by atoms with van der Waals surface area (Å²) in [4.78, 5) is 12.5. The molecule has 0 saturated carbocycles. The van der Waals surface area contributed by atoms with Gasteiger partial charge < -0.3 is 10.1 Å². The van der Waals surface area contributed by atoms with Gasteiger partial charge in [-0.25, -0.2) is 0 Å². The number of hydrogen-bond acceptors (Lipinski definition) is 2. The number of halogens is 1. The summed E-state index contributed by atoms with van der Waals surface area (Å²) in [6.45, 7) is 4.06. The molecule has 114 valence electrons. The number of ether oxygens (including phenoxy) is 1. The zero-order valence-electron chi connectivity index (χ0n) is 12.6. The van der Waals surface area contributed by atoms with Crippen LogP contribution in [0.4, 0.5) is 0 Å². The molecule has 22 heavy (non-hydrogen) atoms. The Balaban J connectivity index is 1.85. The third-order valence-corrected chi connectivity index (χ3v) is 4.04. The van der Waals surface area contributed by atoms with Crippen LogP contribution in [0.2, 0.25) is 5.02 Å². The van der Waals surface area contributed by atoms with Crippen molar-refractivity contribution in [3.05, 3.63) is 64.7 Å². The van der Waals surface area contributed by atoms with Gasteiger partial charge in [0.1, 0.15) is 11.4 Å². The first-order chi connectivity index (χ1) is 10.4. The number of amides is 1. The van der Waals surface area contributed by atoms with E-state index in [1.54, 1.807) is 24.3 Å². The van der Waals surface area contributed by atoms with E-state index in [0.717, 1.165) is 17.7 Å². The highest BCUT2D eigenvalue weighted by atomic mass is 35.5. The average Bonchev–Trinajstić information content (AvgIpc) is 2.46. The molecule has 4 heteroatoms. The van der Waals surface area contributed by atoms with Gasteiger partial charge in [0, 0.05) is 22.6 Å². The molecule has 0 radical (unpaired) electrons. The van der Waals surface area contributed by atoms with Gasteiger partial charge in [0.2, 0.25) is 0 Å². The molecule has 3 rings (SSSR count). The second-order valence-corrected chi connectivity index (χ2v) is 6.57. The summed E-state index contributed by atoms with van der Waals surface area (Å²) in [5, 5.41) is 3.72. The number of nitrogens with one attached hydrogen (secondary N) is 1. The van der Waals surface area contributed by atoms with Crippen LogP contribution in [-0.4, -0.2) is 11.5 Å². The summed E-state index contributed by atoms with van der Waals surface area (Å²) in [5.41, 5.74) is 1.31. The van der Waals surface area contributed by atoms with E-state index in [2.05, 4.69) is 5.32 Å². The molecule has 1 aliphatic heterocycles. The van der Waals surface area contributed by atoms with E-state index in [9.17, 15) is 4.79 Å². The van der Waals surface area contributed by atoms with Crippen LogP contribution in [0.5, 0.6) is 5.75 Å². The third-order valence-electron chi connectivity index (χ3n) is 3.79. The average molecular weight is 316 g/mol. The lowest BCUT2D eigenvalue weighted by Crippen LogP contribution is -2.41. The van der Waals surface area contributed by atoms with Crippen LogP contribution in [-0.2, 0) is 0 Å². The van der Waals surface area contributed by atoms with Crippen molar-refractivity contribution in [1.82, 2.24) is 5.32 Å². The number of hydrogen-bond donors (Lipinski definition) is 1. The first kappa shape index (κ1) is 14.9. The molecule has 1 heterocycles. The van der Waals surface area contributed by atoms with Gasteiger partial charge in [-0.05, 0) is 44.2 Å². The lowest BCUT2D eigenvalue weighted by atomic mass is 9.89. The minimum absolute atomic E-state index is 0.0665. The highest BCUT2D eigenvalue weighted by Crippen LogP contribution is 2.39. The van der Waals surface area contributed by atoms with Gasteiger partial charge in [-0.15, -0.1) is 0 Å². The van der Waals surface area contributed by atoms with Crippen LogP contribution in [0.1, 0.15) is 42.2 Å². The summed E-state index contributed by atoms with van der Waals surface area (Å²) in [6, 6.07) is 14.7. The van der Waals surface area contributed by atoms with Crippen molar-refractivity contribution >= 4 is 17.5 Å². The van der Waals surface area contributed by atoms with E-state index in [4.69, 9.17) is 16.3 Å². The molecule has 1 aliphatic rings. The molecule has 2 aromatic carbocycles. The largest absolute Gasteiger partial charge is 0.487 e. The number of para-hydroxylation sites is 1. The molecule has 2 aromatic rings. The molecule has 1 atom stereocenters. The zero-order chi connectivity index (χ0) is 15.7. The Morgan fingerprint density at radius 3 is 2.59 bits per heavy atom. The lowest BCUT2D eigenvalue weighted by molar-refractivity contribution is 0.0620. The maximum absolute atomic E-state index is 12.5. The minimum atomic E-state index is -0.313. The SMILES string of the molecule is CC1(C)C[C@H](NC(=O)c2ccc(Cl)cc2)c2ccccc2O1.